The summed E-state index contributed by atoms with van der Waals surface area (Å²) in [6, 6.07) is 11.7. The van der Waals surface area contributed by atoms with Crippen molar-refractivity contribution < 1.29 is 9.59 Å². The molecule has 0 radical (unpaired) electrons. The normalized spacial score (nSPS) is 11.7. The molecule has 3 N–H and O–H groups in total. The van der Waals surface area contributed by atoms with Gasteiger partial charge in [-0.3, -0.25) is 14.6 Å². The summed E-state index contributed by atoms with van der Waals surface area (Å²) in [7, 11) is 0. The van der Waals surface area contributed by atoms with Gasteiger partial charge in [-0.1, -0.05) is 34.1 Å². The number of carbonyl (C=O) groups is 2. The lowest BCUT2D eigenvalue weighted by Crippen LogP contribution is -2.46. The van der Waals surface area contributed by atoms with Crippen molar-refractivity contribution in [2.24, 2.45) is 5.73 Å². The number of nitrogens with zero attached hydrogens (tertiary/aromatic N) is 1. The van der Waals surface area contributed by atoms with E-state index in [4.69, 9.17) is 5.73 Å². The van der Waals surface area contributed by atoms with Gasteiger partial charge in [0.05, 0.1) is 0 Å². The Morgan fingerprint density at radius 2 is 2.05 bits per heavy atom. The first-order valence-corrected chi connectivity index (χ1v) is 7.11. The van der Waals surface area contributed by atoms with Crippen molar-refractivity contribution in [1.82, 2.24) is 10.3 Å². The molecular weight excluding hydrogens is 334 g/mol. The maximum absolute atomic E-state index is 12.0. The molecule has 0 saturated heterocycles. The van der Waals surface area contributed by atoms with Gasteiger partial charge in [-0.15, -0.1) is 0 Å². The lowest BCUT2D eigenvalue weighted by Gasteiger charge is -2.15. The van der Waals surface area contributed by atoms with Crippen molar-refractivity contribution in [3.63, 3.8) is 0 Å². The standard InChI is InChI=1S/C15H14BrN3O2/c16-11-5-3-4-10(8-11)9-13(14(17)20)19-15(21)12-6-1-2-7-18-12/h1-8,13H,9H2,(H2,17,20)(H,19,21)/t13-/m1/s1. The lowest BCUT2D eigenvalue weighted by molar-refractivity contribution is -0.119. The van der Waals surface area contributed by atoms with Crippen LogP contribution in [0.15, 0.2) is 53.1 Å². The smallest absolute Gasteiger partial charge is 0.270 e. The summed E-state index contributed by atoms with van der Waals surface area (Å²) in [6.07, 6.45) is 1.84. The van der Waals surface area contributed by atoms with E-state index >= 15 is 0 Å². The average molecular weight is 348 g/mol. The van der Waals surface area contributed by atoms with E-state index in [-0.39, 0.29) is 5.69 Å². The molecule has 0 unspecified atom stereocenters. The number of nitrogens with one attached hydrogen (secondary N) is 1. The molecule has 6 heteroatoms. The maximum atomic E-state index is 12.0. The number of hydrogen-bond donors (Lipinski definition) is 2. The highest BCUT2D eigenvalue weighted by Gasteiger charge is 2.20. The van der Waals surface area contributed by atoms with Crippen LogP contribution in [0.1, 0.15) is 16.1 Å². The quantitative estimate of drug-likeness (QED) is 0.862. The number of pyridine rings is 1. The first kappa shape index (κ1) is 15.2. The Labute approximate surface area is 130 Å². The summed E-state index contributed by atoms with van der Waals surface area (Å²) in [5.74, 6) is -1.01. The topological polar surface area (TPSA) is 85.1 Å². The lowest BCUT2D eigenvalue weighted by atomic mass is 10.1. The molecule has 2 rings (SSSR count). The van der Waals surface area contributed by atoms with E-state index in [1.54, 1.807) is 18.2 Å². The Morgan fingerprint density at radius 1 is 1.24 bits per heavy atom. The van der Waals surface area contributed by atoms with Crippen LogP contribution < -0.4 is 11.1 Å². The van der Waals surface area contributed by atoms with Crippen LogP contribution in [0.4, 0.5) is 0 Å². The van der Waals surface area contributed by atoms with Crippen LogP contribution in [0, 0.1) is 0 Å². The minimum atomic E-state index is -0.784. The fourth-order valence-corrected chi connectivity index (χ4v) is 2.30. The second-order valence-electron chi connectivity index (χ2n) is 4.48. The predicted octanol–water partition coefficient (Wildman–Crippen LogP) is 1.67. The molecule has 1 aromatic heterocycles. The third-order valence-electron chi connectivity index (χ3n) is 2.88. The molecule has 108 valence electrons. The van der Waals surface area contributed by atoms with E-state index in [0.29, 0.717) is 6.42 Å². The first-order chi connectivity index (χ1) is 10.1. The number of benzene rings is 1. The Hall–Kier alpha value is -2.21. The summed E-state index contributed by atoms with van der Waals surface area (Å²) < 4.78 is 0.902. The Balaban J connectivity index is 2.09. The molecule has 5 nitrogen and oxygen atoms in total. The fraction of sp³-hybridized carbons (Fsp3) is 0.133. The van der Waals surface area contributed by atoms with Crippen molar-refractivity contribution in [3.05, 3.63) is 64.4 Å². The molecule has 0 aliphatic carbocycles. The molecule has 2 aromatic rings. The molecule has 21 heavy (non-hydrogen) atoms. The molecule has 0 aliphatic rings. The van der Waals surface area contributed by atoms with E-state index in [1.165, 1.54) is 6.20 Å². The molecule has 1 atom stereocenters. The molecule has 2 amide bonds. The highest BCUT2D eigenvalue weighted by Crippen LogP contribution is 2.13. The third kappa shape index (κ3) is 4.39. The zero-order chi connectivity index (χ0) is 15.2. The van der Waals surface area contributed by atoms with Gasteiger partial charge in [0.15, 0.2) is 0 Å². The van der Waals surface area contributed by atoms with Crippen LogP contribution in [-0.2, 0) is 11.2 Å². The number of halogens is 1. The van der Waals surface area contributed by atoms with Gasteiger partial charge in [0.25, 0.3) is 5.91 Å². The van der Waals surface area contributed by atoms with Crippen molar-refractivity contribution in [2.45, 2.75) is 12.5 Å². The van der Waals surface area contributed by atoms with Gasteiger partial charge in [0, 0.05) is 17.1 Å². The van der Waals surface area contributed by atoms with Gasteiger partial charge in [-0.2, -0.15) is 0 Å². The van der Waals surface area contributed by atoms with Gasteiger partial charge in [0.2, 0.25) is 5.91 Å². The molecule has 0 bridgehead atoms. The van der Waals surface area contributed by atoms with Gasteiger partial charge in [-0.05, 0) is 29.8 Å². The van der Waals surface area contributed by atoms with E-state index < -0.39 is 17.9 Å². The molecule has 0 saturated carbocycles. The number of nitrogens with two attached hydrogens (primary N) is 1. The first-order valence-electron chi connectivity index (χ1n) is 6.32. The predicted molar refractivity (Wildman–Crippen MR) is 82.5 cm³/mol. The number of carbonyl (C=O) groups excluding carboxylic acids is 2. The molecule has 0 spiro atoms. The molecule has 1 heterocycles. The minimum absolute atomic E-state index is 0.248. The minimum Gasteiger partial charge on any atom is -0.368 e. The van der Waals surface area contributed by atoms with Crippen LogP contribution in [0.2, 0.25) is 0 Å². The number of primary amides is 1. The second kappa shape index (κ2) is 6.99. The highest BCUT2D eigenvalue weighted by molar-refractivity contribution is 9.10. The number of amides is 2. The van der Waals surface area contributed by atoms with Crippen LogP contribution in [0.3, 0.4) is 0 Å². The van der Waals surface area contributed by atoms with Crippen molar-refractivity contribution >= 4 is 27.7 Å². The summed E-state index contributed by atoms with van der Waals surface area (Å²) in [4.78, 5) is 27.5. The van der Waals surface area contributed by atoms with E-state index in [9.17, 15) is 9.59 Å². The van der Waals surface area contributed by atoms with Crippen LogP contribution in [0.25, 0.3) is 0 Å². The summed E-state index contributed by atoms with van der Waals surface area (Å²) in [5, 5.41) is 2.61. The number of aromatic nitrogens is 1. The Morgan fingerprint density at radius 3 is 2.67 bits per heavy atom. The molecule has 0 fully saturated rings. The van der Waals surface area contributed by atoms with E-state index in [2.05, 4.69) is 26.2 Å². The Bertz CT molecular complexity index is 646. The highest BCUT2D eigenvalue weighted by atomic mass is 79.9. The van der Waals surface area contributed by atoms with Crippen molar-refractivity contribution in [2.75, 3.05) is 0 Å². The van der Waals surface area contributed by atoms with Crippen molar-refractivity contribution in [1.29, 1.82) is 0 Å². The molecule has 1 aromatic carbocycles. The molecule has 0 aliphatic heterocycles. The van der Waals surface area contributed by atoms with Gasteiger partial charge >= 0.3 is 0 Å². The zero-order valence-electron chi connectivity index (χ0n) is 11.1. The SMILES string of the molecule is NC(=O)[C@@H](Cc1cccc(Br)c1)NC(=O)c1ccccn1. The molecular formula is C15H14BrN3O2. The number of rotatable bonds is 5. The summed E-state index contributed by atoms with van der Waals surface area (Å²) in [6.45, 7) is 0. The van der Waals surface area contributed by atoms with Crippen molar-refractivity contribution in [3.8, 4) is 0 Å². The third-order valence-corrected chi connectivity index (χ3v) is 3.37. The van der Waals surface area contributed by atoms with E-state index in [0.717, 1.165) is 10.0 Å². The zero-order valence-corrected chi connectivity index (χ0v) is 12.7. The van der Waals surface area contributed by atoms with E-state index in [1.807, 2.05) is 24.3 Å². The fourth-order valence-electron chi connectivity index (χ4n) is 1.85. The van der Waals surface area contributed by atoms with Crippen LogP contribution in [-0.4, -0.2) is 22.8 Å². The van der Waals surface area contributed by atoms with Crippen LogP contribution >= 0.6 is 15.9 Å². The summed E-state index contributed by atoms with van der Waals surface area (Å²) in [5.41, 5.74) is 6.51. The summed E-state index contributed by atoms with van der Waals surface area (Å²) >= 11 is 3.36. The Kier molecular flexibility index (Phi) is 5.05. The second-order valence-corrected chi connectivity index (χ2v) is 5.39. The van der Waals surface area contributed by atoms with Crippen LogP contribution in [0.5, 0.6) is 0 Å². The monoisotopic (exact) mass is 347 g/mol. The largest absolute Gasteiger partial charge is 0.368 e. The van der Waals surface area contributed by atoms with Gasteiger partial charge < -0.3 is 11.1 Å². The number of hydrogen-bond acceptors (Lipinski definition) is 3. The maximum Gasteiger partial charge on any atom is 0.270 e. The van der Waals surface area contributed by atoms with Gasteiger partial charge in [0.1, 0.15) is 11.7 Å². The van der Waals surface area contributed by atoms with Gasteiger partial charge in [-0.25, -0.2) is 0 Å². The average Bonchev–Trinajstić information content (AvgIpc) is 2.47.